The maximum atomic E-state index is 12.6. The van der Waals surface area contributed by atoms with Crippen molar-refractivity contribution in [1.82, 2.24) is 4.90 Å². The van der Waals surface area contributed by atoms with Crippen molar-refractivity contribution in [2.45, 2.75) is 26.2 Å². The number of fused-ring (bicyclic) bond motifs is 1. The van der Waals surface area contributed by atoms with Gasteiger partial charge in [-0.25, -0.2) is 9.59 Å². The lowest BCUT2D eigenvalue weighted by atomic mass is 10.1. The molecule has 2 aromatic rings. The number of anilines is 2. The van der Waals surface area contributed by atoms with Gasteiger partial charge in [0, 0.05) is 25.9 Å². The van der Waals surface area contributed by atoms with Crippen molar-refractivity contribution in [2.75, 3.05) is 37.5 Å². The number of para-hydroxylation sites is 1. The molecular formula is C24H27N3O6. The van der Waals surface area contributed by atoms with Gasteiger partial charge in [-0.3, -0.25) is 14.5 Å². The Morgan fingerprint density at radius 1 is 0.939 bits per heavy atom. The van der Waals surface area contributed by atoms with E-state index in [-0.39, 0.29) is 23.6 Å². The highest BCUT2D eigenvalue weighted by Crippen LogP contribution is 2.26. The molecule has 9 heteroatoms. The molecule has 0 atom stereocenters. The predicted octanol–water partition coefficient (Wildman–Crippen LogP) is 3.92. The number of unbranched alkanes of at least 4 members (excludes halogenated alkanes) is 1. The number of hydrogen-bond acceptors (Lipinski definition) is 6. The second kappa shape index (κ2) is 11.2. The summed E-state index contributed by atoms with van der Waals surface area (Å²) in [7, 11) is 1.55. The minimum absolute atomic E-state index is 0.232. The van der Waals surface area contributed by atoms with Crippen molar-refractivity contribution < 1.29 is 28.7 Å². The molecule has 0 radical (unpaired) electrons. The minimum atomic E-state index is -0.600. The lowest BCUT2D eigenvalue weighted by Crippen LogP contribution is -2.31. The molecule has 33 heavy (non-hydrogen) atoms. The van der Waals surface area contributed by atoms with Gasteiger partial charge in [-0.1, -0.05) is 25.5 Å². The number of amides is 4. The van der Waals surface area contributed by atoms with Crippen LogP contribution in [-0.2, 0) is 9.47 Å². The average molecular weight is 453 g/mol. The Bertz CT molecular complexity index is 1050. The number of carbonyl (C=O) groups excluding carboxylic acids is 4. The predicted molar refractivity (Wildman–Crippen MR) is 123 cm³/mol. The molecule has 0 aliphatic carbocycles. The van der Waals surface area contributed by atoms with Gasteiger partial charge in [0.2, 0.25) is 0 Å². The fourth-order valence-electron chi connectivity index (χ4n) is 3.38. The van der Waals surface area contributed by atoms with Gasteiger partial charge in [-0.15, -0.1) is 0 Å². The van der Waals surface area contributed by atoms with Crippen molar-refractivity contribution >= 4 is 35.2 Å². The van der Waals surface area contributed by atoms with Gasteiger partial charge >= 0.3 is 12.0 Å². The van der Waals surface area contributed by atoms with Gasteiger partial charge in [0.25, 0.3) is 11.8 Å². The SMILES string of the molecule is CCCCOC(=O)c1ccccc1NC(=O)Nc1ccc2c(c1)C(=O)N(CCCOC)C2=O. The molecule has 0 spiro atoms. The molecule has 0 aromatic heterocycles. The number of urea groups is 1. The van der Waals surface area contributed by atoms with E-state index in [4.69, 9.17) is 9.47 Å². The molecule has 3 rings (SSSR count). The fraction of sp³-hybridized carbons (Fsp3) is 0.333. The summed E-state index contributed by atoms with van der Waals surface area (Å²) in [5, 5.41) is 5.27. The number of nitrogens with zero attached hydrogens (tertiary/aromatic N) is 1. The van der Waals surface area contributed by atoms with E-state index in [0.717, 1.165) is 12.8 Å². The molecule has 1 heterocycles. The fourth-order valence-corrected chi connectivity index (χ4v) is 3.38. The molecular weight excluding hydrogens is 426 g/mol. The van der Waals surface area contributed by atoms with Crippen LogP contribution >= 0.6 is 0 Å². The summed E-state index contributed by atoms with van der Waals surface area (Å²) in [6.45, 7) is 3.00. The van der Waals surface area contributed by atoms with Gasteiger partial charge in [0.05, 0.1) is 29.0 Å². The van der Waals surface area contributed by atoms with Crippen LogP contribution in [0, 0.1) is 0 Å². The molecule has 174 valence electrons. The minimum Gasteiger partial charge on any atom is -0.462 e. The summed E-state index contributed by atoms with van der Waals surface area (Å²) < 4.78 is 10.2. The smallest absolute Gasteiger partial charge is 0.340 e. The second-order valence-electron chi connectivity index (χ2n) is 7.48. The Hall–Kier alpha value is -3.72. The molecule has 0 fully saturated rings. The maximum Gasteiger partial charge on any atom is 0.340 e. The summed E-state index contributed by atoms with van der Waals surface area (Å²) in [5.74, 6) is -1.29. The van der Waals surface area contributed by atoms with E-state index in [2.05, 4.69) is 10.6 Å². The summed E-state index contributed by atoms with van der Waals surface area (Å²) in [6, 6.07) is 10.5. The monoisotopic (exact) mass is 453 g/mol. The van der Waals surface area contributed by atoms with Crippen molar-refractivity contribution in [3.8, 4) is 0 Å². The van der Waals surface area contributed by atoms with Crippen LogP contribution in [-0.4, -0.2) is 55.6 Å². The van der Waals surface area contributed by atoms with E-state index in [1.54, 1.807) is 37.4 Å². The summed E-state index contributed by atoms with van der Waals surface area (Å²) in [5.41, 5.74) is 1.41. The quantitative estimate of drug-likeness (QED) is 0.320. The van der Waals surface area contributed by atoms with E-state index < -0.39 is 17.9 Å². The number of imide groups is 1. The lowest BCUT2D eigenvalue weighted by molar-refractivity contribution is 0.0500. The highest BCUT2D eigenvalue weighted by Gasteiger charge is 2.35. The van der Waals surface area contributed by atoms with Crippen LogP contribution in [0.15, 0.2) is 42.5 Å². The molecule has 1 aliphatic rings. The van der Waals surface area contributed by atoms with Gasteiger partial charge in [0.1, 0.15) is 0 Å². The number of carbonyl (C=O) groups is 4. The van der Waals surface area contributed by atoms with Gasteiger partial charge in [0.15, 0.2) is 0 Å². The van der Waals surface area contributed by atoms with Gasteiger partial charge in [-0.05, 0) is 43.2 Å². The lowest BCUT2D eigenvalue weighted by Gasteiger charge is -2.13. The molecule has 0 unspecified atom stereocenters. The zero-order valence-electron chi connectivity index (χ0n) is 18.7. The summed E-state index contributed by atoms with van der Waals surface area (Å²) >= 11 is 0. The van der Waals surface area contributed by atoms with Crippen LogP contribution in [0.4, 0.5) is 16.2 Å². The first-order valence-electron chi connectivity index (χ1n) is 10.8. The Morgan fingerprint density at radius 2 is 1.70 bits per heavy atom. The molecule has 0 bridgehead atoms. The zero-order valence-corrected chi connectivity index (χ0v) is 18.7. The van der Waals surface area contributed by atoms with Crippen molar-refractivity contribution in [2.24, 2.45) is 0 Å². The molecule has 9 nitrogen and oxygen atoms in total. The van der Waals surface area contributed by atoms with Crippen LogP contribution in [0.2, 0.25) is 0 Å². The molecule has 4 amide bonds. The number of nitrogens with one attached hydrogen (secondary N) is 2. The van der Waals surface area contributed by atoms with E-state index in [9.17, 15) is 19.2 Å². The Kier molecular flexibility index (Phi) is 8.15. The van der Waals surface area contributed by atoms with Crippen molar-refractivity contribution in [3.05, 3.63) is 59.2 Å². The Labute approximate surface area is 192 Å². The van der Waals surface area contributed by atoms with E-state index >= 15 is 0 Å². The molecule has 2 N–H and O–H groups in total. The third-order valence-corrected chi connectivity index (χ3v) is 5.08. The Balaban J connectivity index is 1.67. The van der Waals surface area contributed by atoms with Crippen LogP contribution in [0.25, 0.3) is 0 Å². The van der Waals surface area contributed by atoms with Gasteiger partial charge < -0.3 is 20.1 Å². The van der Waals surface area contributed by atoms with Gasteiger partial charge in [-0.2, -0.15) is 0 Å². The maximum absolute atomic E-state index is 12.6. The summed E-state index contributed by atoms with van der Waals surface area (Å²) in [6.07, 6.45) is 2.19. The molecule has 1 aliphatic heterocycles. The first-order valence-corrected chi connectivity index (χ1v) is 10.8. The zero-order chi connectivity index (χ0) is 23.8. The second-order valence-corrected chi connectivity index (χ2v) is 7.48. The highest BCUT2D eigenvalue weighted by molar-refractivity contribution is 6.22. The number of methoxy groups -OCH3 is 1. The van der Waals surface area contributed by atoms with Crippen LogP contribution < -0.4 is 10.6 Å². The number of rotatable bonds is 10. The summed E-state index contributed by atoms with van der Waals surface area (Å²) in [4.78, 5) is 51.2. The number of hydrogen-bond donors (Lipinski definition) is 2. The third kappa shape index (κ3) is 5.75. The van der Waals surface area contributed by atoms with Crippen LogP contribution in [0.5, 0.6) is 0 Å². The average Bonchev–Trinajstić information content (AvgIpc) is 3.04. The number of ether oxygens (including phenoxy) is 2. The van der Waals surface area contributed by atoms with E-state index in [1.807, 2.05) is 6.92 Å². The number of benzene rings is 2. The highest BCUT2D eigenvalue weighted by atomic mass is 16.5. The van der Waals surface area contributed by atoms with E-state index in [1.165, 1.54) is 17.0 Å². The molecule has 0 saturated heterocycles. The first kappa shape index (κ1) is 23.9. The number of esters is 1. The molecule has 0 saturated carbocycles. The van der Waals surface area contributed by atoms with Crippen LogP contribution in [0.3, 0.4) is 0 Å². The largest absolute Gasteiger partial charge is 0.462 e. The van der Waals surface area contributed by atoms with Crippen LogP contribution in [0.1, 0.15) is 57.3 Å². The van der Waals surface area contributed by atoms with Crippen molar-refractivity contribution in [1.29, 1.82) is 0 Å². The third-order valence-electron chi connectivity index (χ3n) is 5.08. The standard InChI is InChI=1S/C24H27N3O6/c1-3-4-14-33-23(30)18-8-5-6-9-20(18)26-24(31)25-16-10-11-17-19(15-16)22(29)27(21(17)28)12-7-13-32-2/h5-6,8-11,15H,3-4,7,12-14H2,1-2H3,(H2,25,26,31). The Morgan fingerprint density at radius 3 is 2.45 bits per heavy atom. The van der Waals surface area contributed by atoms with Crippen molar-refractivity contribution in [3.63, 3.8) is 0 Å². The first-order chi connectivity index (χ1) is 16.0. The normalized spacial score (nSPS) is 12.5. The topological polar surface area (TPSA) is 114 Å². The van der Waals surface area contributed by atoms with E-state index in [0.29, 0.717) is 36.6 Å². The molecule has 2 aromatic carbocycles.